The third-order valence-corrected chi connectivity index (χ3v) is 4.32. The van der Waals surface area contributed by atoms with Gasteiger partial charge in [-0.2, -0.15) is 0 Å². The molecule has 0 amide bonds. The van der Waals surface area contributed by atoms with E-state index in [4.69, 9.17) is 5.11 Å². The zero-order valence-electron chi connectivity index (χ0n) is 10.4. The van der Waals surface area contributed by atoms with Gasteiger partial charge in [0.1, 0.15) is 0 Å². The van der Waals surface area contributed by atoms with Gasteiger partial charge in [-0.1, -0.05) is 20.8 Å². The van der Waals surface area contributed by atoms with Crippen molar-refractivity contribution >= 4 is 0 Å². The third kappa shape index (κ3) is 3.18. The van der Waals surface area contributed by atoms with Gasteiger partial charge in [0, 0.05) is 6.61 Å². The van der Waals surface area contributed by atoms with Crippen molar-refractivity contribution in [1.82, 2.24) is 0 Å². The van der Waals surface area contributed by atoms with Crippen LogP contribution in [0.5, 0.6) is 0 Å². The quantitative estimate of drug-likeness (QED) is 0.755. The summed E-state index contributed by atoms with van der Waals surface area (Å²) >= 11 is 0. The highest BCUT2D eigenvalue weighted by Crippen LogP contribution is 2.43. The molecule has 0 bridgehead atoms. The standard InChI is InChI=1S/C13H26O2/c1-10(2)11-4-7-13(3,8-5-11)12(15)6-9-14/h10-12,14-15H,4-9H2,1-3H3. The maximum Gasteiger partial charge on any atom is 0.0615 e. The van der Waals surface area contributed by atoms with Crippen molar-refractivity contribution in [2.24, 2.45) is 17.3 Å². The van der Waals surface area contributed by atoms with Crippen molar-refractivity contribution in [3.05, 3.63) is 0 Å². The highest BCUT2D eigenvalue weighted by atomic mass is 16.3. The van der Waals surface area contributed by atoms with Gasteiger partial charge >= 0.3 is 0 Å². The zero-order valence-corrected chi connectivity index (χ0v) is 10.4. The van der Waals surface area contributed by atoms with E-state index in [1.165, 1.54) is 12.8 Å². The van der Waals surface area contributed by atoms with Crippen molar-refractivity contribution < 1.29 is 10.2 Å². The first-order chi connectivity index (χ1) is 6.99. The Hall–Kier alpha value is -0.0800. The van der Waals surface area contributed by atoms with E-state index in [1.54, 1.807) is 0 Å². The molecule has 0 radical (unpaired) electrons. The maximum absolute atomic E-state index is 10.00. The molecule has 15 heavy (non-hydrogen) atoms. The summed E-state index contributed by atoms with van der Waals surface area (Å²) < 4.78 is 0. The van der Waals surface area contributed by atoms with Crippen LogP contribution in [0.15, 0.2) is 0 Å². The number of aliphatic hydroxyl groups excluding tert-OH is 2. The average molecular weight is 214 g/mol. The van der Waals surface area contributed by atoms with Gasteiger partial charge in [0.15, 0.2) is 0 Å². The summed E-state index contributed by atoms with van der Waals surface area (Å²) in [6, 6.07) is 0. The van der Waals surface area contributed by atoms with Crippen LogP contribution in [-0.4, -0.2) is 22.9 Å². The molecule has 1 fully saturated rings. The SMILES string of the molecule is CC(C)C1CCC(C)(C(O)CCO)CC1. The summed E-state index contributed by atoms with van der Waals surface area (Å²) in [4.78, 5) is 0. The minimum Gasteiger partial charge on any atom is -0.396 e. The van der Waals surface area contributed by atoms with Crippen LogP contribution in [-0.2, 0) is 0 Å². The van der Waals surface area contributed by atoms with Crippen LogP contribution in [0.2, 0.25) is 0 Å². The molecule has 2 nitrogen and oxygen atoms in total. The van der Waals surface area contributed by atoms with Crippen molar-refractivity contribution in [3.8, 4) is 0 Å². The highest BCUT2D eigenvalue weighted by Gasteiger charge is 2.37. The van der Waals surface area contributed by atoms with Crippen LogP contribution in [0.25, 0.3) is 0 Å². The Kier molecular flexibility index (Phi) is 4.60. The summed E-state index contributed by atoms with van der Waals surface area (Å²) in [6.07, 6.45) is 4.89. The van der Waals surface area contributed by atoms with Gasteiger partial charge in [0.05, 0.1) is 6.10 Å². The van der Waals surface area contributed by atoms with E-state index in [9.17, 15) is 5.11 Å². The topological polar surface area (TPSA) is 40.5 Å². The van der Waals surface area contributed by atoms with Gasteiger partial charge in [0.25, 0.3) is 0 Å². The lowest BCUT2D eigenvalue weighted by molar-refractivity contribution is -0.0189. The molecule has 1 aliphatic rings. The van der Waals surface area contributed by atoms with E-state index in [2.05, 4.69) is 20.8 Å². The molecule has 0 aromatic rings. The predicted octanol–water partition coefficient (Wildman–Crippen LogP) is 2.58. The Labute approximate surface area is 93.7 Å². The van der Waals surface area contributed by atoms with Crippen molar-refractivity contribution in [1.29, 1.82) is 0 Å². The monoisotopic (exact) mass is 214 g/mol. The number of aliphatic hydroxyl groups is 2. The van der Waals surface area contributed by atoms with Crippen molar-refractivity contribution in [2.45, 2.75) is 59.0 Å². The van der Waals surface area contributed by atoms with Gasteiger partial charge in [-0.25, -0.2) is 0 Å². The molecule has 1 aliphatic carbocycles. The number of hydrogen-bond donors (Lipinski definition) is 2. The van der Waals surface area contributed by atoms with Crippen molar-refractivity contribution in [3.63, 3.8) is 0 Å². The van der Waals surface area contributed by atoms with E-state index in [-0.39, 0.29) is 18.1 Å². The summed E-state index contributed by atoms with van der Waals surface area (Å²) in [5, 5.41) is 18.9. The lowest BCUT2D eigenvalue weighted by Gasteiger charge is -2.41. The summed E-state index contributed by atoms with van der Waals surface area (Å²) in [5.41, 5.74) is 0.0497. The van der Waals surface area contributed by atoms with Gasteiger partial charge in [-0.05, 0) is 49.4 Å². The lowest BCUT2D eigenvalue weighted by Crippen LogP contribution is -2.37. The zero-order chi connectivity index (χ0) is 11.5. The molecule has 0 aromatic carbocycles. The van der Waals surface area contributed by atoms with Crippen LogP contribution < -0.4 is 0 Å². The van der Waals surface area contributed by atoms with Crippen LogP contribution in [0.3, 0.4) is 0 Å². The molecule has 1 atom stereocenters. The molecule has 1 saturated carbocycles. The molecule has 0 aromatic heterocycles. The predicted molar refractivity (Wildman–Crippen MR) is 62.6 cm³/mol. The number of hydrogen-bond acceptors (Lipinski definition) is 2. The van der Waals surface area contributed by atoms with E-state index >= 15 is 0 Å². The summed E-state index contributed by atoms with van der Waals surface area (Å²) in [5.74, 6) is 1.60. The van der Waals surface area contributed by atoms with Crippen LogP contribution in [0.4, 0.5) is 0 Å². The maximum atomic E-state index is 10.00. The normalized spacial score (nSPS) is 34.4. The molecule has 0 aliphatic heterocycles. The minimum absolute atomic E-state index is 0.0497. The summed E-state index contributed by atoms with van der Waals surface area (Å²) in [6.45, 7) is 6.85. The molecule has 1 rings (SSSR count). The molecular formula is C13H26O2. The average Bonchev–Trinajstić information content (AvgIpc) is 2.18. The second kappa shape index (κ2) is 5.31. The van der Waals surface area contributed by atoms with E-state index < -0.39 is 0 Å². The first kappa shape index (κ1) is 13.0. The molecule has 2 N–H and O–H groups in total. The fraction of sp³-hybridized carbons (Fsp3) is 1.00. The molecule has 0 spiro atoms. The highest BCUT2D eigenvalue weighted by molar-refractivity contribution is 4.88. The van der Waals surface area contributed by atoms with Crippen LogP contribution in [0.1, 0.15) is 52.9 Å². The molecular weight excluding hydrogens is 188 g/mol. The largest absolute Gasteiger partial charge is 0.396 e. The van der Waals surface area contributed by atoms with Gasteiger partial charge < -0.3 is 10.2 Å². The Morgan fingerprint density at radius 1 is 1.27 bits per heavy atom. The molecule has 0 saturated heterocycles. The lowest BCUT2D eigenvalue weighted by atomic mass is 9.66. The molecule has 2 heteroatoms. The second-order valence-corrected chi connectivity index (χ2v) is 5.76. The third-order valence-electron chi connectivity index (χ3n) is 4.32. The molecule has 1 unspecified atom stereocenters. The molecule has 90 valence electrons. The van der Waals surface area contributed by atoms with E-state index in [0.29, 0.717) is 6.42 Å². The second-order valence-electron chi connectivity index (χ2n) is 5.76. The van der Waals surface area contributed by atoms with Crippen molar-refractivity contribution in [2.75, 3.05) is 6.61 Å². The number of rotatable bonds is 4. The Balaban J connectivity index is 2.46. The Morgan fingerprint density at radius 2 is 1.80 bits per heavy atom. The Bertz CT molecular complexity index is 181. The fourth-order valence-electron chi connectivity index (χ4n) is 2.77. The van der Waals surface area contributed by atoms with E-state index in [0.717, 1.165) is 24.7 Å². The first-order valence-corrected chi connectivity index (χ1v) is 6.28. The van der Waals surface area contributed by atoms with Gasteiger partial charge in [0.2, 0.25) is 0 Å². The fourth-order valence-corrected chi connectivity index (χ4v) is 2.77. The van der Waals surface area contributed by atoms with Gasteiger partial charge in [-0.3, -0.25) is 0 Å². The summed E-state index contributed by atoms with van der Waals surface area (Å²) in [7, 11) is 0. The van der Waals surface area contributed by atoms with E-state index in [1.807, 2.05) is 0 Å². The minimum atomic E-state index is -0.324. The first-order valence-electron chi connectivity index (χ1n) is 6.28. The molecule has 0 heterocycles. The Morgan fingerprint density at radius 3 is 2.20 bits per heavy atom. The van der Waals surface area contributed by atoms with Crippen LogP contribution in [0, 0.1) is 17.3 Å². The van der Waals surface area contributed by atoms with Crippen LogP contribution >= 0.6 is 0 Å². The smallest absolute Gasteiger partial charge is 0.0615 e. The van der Waals surface area contributed by atoms with Gasteiger partial charge in [-0.15, -0.1) is 0 Å².